The van der Waals surface area contributed by atoms with Crippen molar-refractivity contribution in [1.82, 2.24) is 5.32 Å². The molecule has 3 aromatic carbocycles. The molecule has 1 fully saturated rings. The van der Waals surface area contributed by atoms with Gasteiger partial charge in [0.15, 0.2) is 12.4 Å². The molecule has 0 spiro atoms. The van der Waals surface area contributed by atoms with Crippen molar-refractivity contribution in [2.75, 3.05) is 16.8 Å². The number of urea groups is 1. The van der Waals surface area contributed by atoms with E-state index in [1.165, 1.54) is 30.3 Å². The zero-order valence-corrected chi connectivity index (χ0v) is 20.7. The minimum absolute atomic E-state index is 0.00603. The molecule has 0 bridgehead atoms. The molecule has 13 heteroatoms. The Hall–Kier alpha value is -4.74. The van der Waals surface area contributed by atoms with Gasteiger partial charge in [-0.15, -0.1) is 0 Å². The van der Waals surface area contributed by atoms with Gasteiger partial charge < -0.3 is 10.1 Å². The molecule has 38 heavy (non-hydrogen) atoms. The van der Waals surface area contributed by atoms with Crippen LogP contribution in [0.2, 0.25) is 10.0 Å². The van der Waals surface area contributed by atoms with Crippen LogP contribution in [0.4, 0.5) is 21.9 Å². The second kappa shape index (κ2) is 11.1. The molecular weight excluding hydrogens is 539 g/mol. The van der Waals surface area contributed by atoms with E-state index in [1.54, 1.807) is 30.3 Å². The van der Waals surface area contributed by atoms with Gasteiger partial charge in [0, 0.05) is 17.8 Å². The van der Waals surface area contributed by atoms with Gasteiger partial charge in [-0.25, -0.2) is 9.69 Å². The lowest BCUT2D eigenvalue weighted by molar-refractivity contribution is -0.384. The molecule has 3 aromatic rings. The quantitative estimate of drug-likeness (QED) is 0.188. The van der Waals surface area contributed by atoms with Crippen LogP contribution in [0.1, 0.15) is 5.56 Å². The van der Waals surface area contributed by atoms with Crippen molar-refractivity contribution in [3.05, 3.63) is 98.0 Å². The average molecular weight is 555 g/mol. The van der Waals surface area contributed by atoms with Gasteiger partial charge in [-0.2, -0.15) is 0 Å². The van der Waals surface area contributed by atoms with Gasteiger partial charge in [-0.05, 0) is 42.0 Å². The Morgan fingerprint density at radius 3 is 2.37 bits per heavy atom. The maximum Gasteiger partial charge on any atom is 0.335 e. The molecule has 0 aliphatic carbocycles. The van der Waals surface area contributed by atoms with Crippen molar-refractivity contribution in [2.24, 2.45) is 0 Å². The first-order valence-electron chi connectivity index (χ1n) is 10.8. The van der Waals surface area contributed by atoms with Gasteiger partial charge in [0.05, 0.1) is 20.7 Å². The Labute approximate surface area is 224 Å². The van der Waals surface area contributed by atoms with Crippen LogP contribution < -0.4 is 20.3 Å². The second-order valence-corrected chi connectivity index (χ2v) is 8.57. The average Bonchev–Trinajstić information content (AvgIpc) is 2.86. The van der Waals surface area contributed by atoms with Crippen molar-refractivity contribution < 1.29 is 28.8 Å². The highest BCUT2D eigenvalue weighted by Crippen LogP contribution is 2.35. The van der Waals surface area contributed by atoms with Crippen LogP contribution in [0.25, 0.3) is 6.08 Å². The van der Waals surface area contributed by atoms with Crippen LogP contribution in [0, 0.1) is 10.1 Å². The number of hydrogen-bond acceptors (Lipinski definition) is 7. The summed E-state index contributed by atoms with van der Waals surface area (Å²) < 4.78 is 5.46. The predicted molar refractivity (Wildman–Crippen MR) is 139 cm³/mol. The van der Waals surface area contributed by atoms with Gasteiger partial charge in [0.1, 0.15) is 5.57 Å². The highest BCUT2D eigenvalue weighted by atomic mass is 35.5. The van der Waals surface area contributed by atoms with Crippen LogP contribution in [-0.4, -0.2) is 35.3 Å². The lowest BCUT2D eigenvalue weighted by atomic mass is 10.1. The summed E-state index contributed by atoms with van der Waals surface area (Å²) in [5.41, 5.74) is -0.105. The molecule has 0 saturated carbocycles. The molecule has 0 radical (unpaired) electrons. The Morgan fingerprint density at radius 2 is 1.71 bits per heavy atom. The van der Waals surface area contributed by atoms with Crippen LogP contribution in [-0.2, 0) is 14.4 Å². The number of amides is 5. The topological polar surface area (TPSA) is 148 Å². The Kier molecular flexibility index (Phi) is 7.70. The van der Waals surface area contributed by atoms with E-state index in [4.69, 9.17) is 27.9 Å². The smallest absolute Gasteiger partial charge is 0.335 e. The summed E-state index contributed by atoms with van der Waals surface area (Å²) in [4.78, 5) is 61.1. The molecule has 1 saturated heterocycles. The number of ether oxygens (including phenoxy) is 1. The Balaban J connectivity index is 1.55. The lowest BCUT2D eigenvalue weighted by Crippen LogP contribution is -2.54. The zero-order valence-electron chi connectivity index (χ0n) is 19.1. The van der Waals surface area contributed by atoms with E-state index in [-0.39, 0.29) is 32.7 Å². The number of nitrogens with zero attached hydrogens (tertiary/aromatic N) is 2. The van der Waals surface area contributed by atoms with Crippen LogP contribution in [0.5, 0.6) is 5.75 Å². The van der Waals surface area contributed by atoms with Gasteiger partial charge in [0.25, 0.3) is 23.4 Å². The van der Waals surface area contributed by atoms with Crippen molar-refractivity contribution in [2.45, 2.75) is 0 Å². The number of nitrogens with one attached hydrogen (secondary N) is 2. The first kappa shape index (κ1) is 26.3. The summed E-state index contributed by atoms with van der Waals surface area (Å²) in [5, 5.41) is 15.7. The van der Waals surface area contributed by atoms with E-state index in [0.717, 1.165) is 12.1 Å². The largest absolute Gasteiger partial charge is 0.481 e. The van der Waals surface area contributed by atoms with Crippen molar-refractivity contribution in [3.8, 4) is 5.75 Å². The van der Waals surface area contributed by atoms with E-state index >= 15 is 0 Å². The number of carbonyl (C=O) groups is 4. The van der Waals surface area contributed by atoms with Gasteiger partial charge in [-0.1, -0.05) is 47.5 Å². The van der Waals surface area contributed by atoms with E-state index in [1.807, 2.05) is 5.32 Å². The molecule has 5 amide bonds. The number of carbonyl (C=O) groups excluding carboxylic acids is 4. The summed E-state index contributed by atoms with van der Waals surface area (Å²) in [7, 11) is 0. The summed E-state index contributed by atoms with van der Waals surface area (Å²) in [6.07, 6.45) is 1.15. The molecule has 0 atom stereocenters. The number of anilines is 2. The number of non-ortho nitro benzene ring substituents is 1. The molecule has 4 rings (SSSR count). The van der Waals surface area contributed by atoms with Crippen molar-refractivity contribution in [3.63, 3.8) is 0 Å². The molecule has 0 aromatic heterocycles. The predicted octanol–water partition coefficient (Wildman–Crippen LogP) is 4.59. The molecule has 2 N–H and O–H groups in total. The fraction of sp³-hybridized carbons (Fsp3) is 0.0400. The summed E-state index contributed by atoms with van der Waals surface area (Å²) in [6, 6.07) is 15.2. The molecule has 192 valence electrons. The van der Waals surface area contributed by atoms with E-state index in [0.29, 0.717) is 10.6 Å². The fourth-order valence-corrected chi connectivity index (χ4v) is 4.07. The Bertz CT molecular complexity index is 1490. The van der Waals surface area contributed by atoms with E-state index in [9.17, 15) is 29.3 Å². The number of benzene rings is 3. The monoisotopic (exact) mass is 554 g/mol. The number of nitro groups is 1. The number of para-hydroxylation sites is 1. The van der Waals surface area contributed by atoms with E-state index in [2.05, 4.69) is 5.32 Å². The summed E-state index contributed by atoms with van der Waals surface area (Å²) >= 11 is 12.6. The highest BCUT2D eigenvalue weighted by Gasteiger charge is 2.37. The number of imide groups is 2. The fourth-order valence-electron chi connectivity index (χ4n) is 3.46. The molecule has 1 aliphatic heterocycles. The third-order valence-electron chi connectivity index (χ3n) is 5.14. The third kappa shape index (κ3) is 5.80. The number of nitro benzene ring substituents is 1. The maximum atomic E-state index is 13.1. The van der Waals surface area contributed by atoms with E-state index < -0.39 is 40.9 Å². The van der Waals surface area contributed by atoms with Crippen LogP contribution in [0.3, 0.4) is 0 Å². The van der Waals surface area contributed by atoms with Crippen LogP contribution >= 0.6 is 23.2 Å². The lowest BCUT2D eigenvalue weighted by Gasteiger charge is -2.26. The first-order valence-corrected chi connectivity index (χ1v) is 11.5. The normalized spacial score (nSPS) is 14.3. The SMILES string of the molecule is O=C(COc1c(Cl)cc(/C=C2/C(=O)NC(=O)N(c3cccc([N+](=O)[O-])c3)C2=O)cc1Cl)Nc1ccccc1. The summed E-state index contributed by atoms with van der Waals surface area (Å²) in [5.74, 6) is -2.44. The van der Waals surface area contributed by atoms with Gasteiger partial charge in [-0.3, -0.25) is 29.8 Å². The van der Waals surface area contributed by atoms with Gasteiger partial charge in [0.2, 0.25) is 0 Å². The third-order valence-corrected chi connectivity index (χ3v) is 5.70. The Morgan fingerprint density at radius 1 is 1.03 bits per heavy atom. The second-order valence-electron chi connectivity index (χ2n) is 7.75. The van der Waals surface area contributed by atoms with Crippen molar-refractivity contribution >= 4 is 70.1 Å². The number of rotatable bonds is 7. The highest BCUT2D eigenvalue weighted by molar-refractivity contribution is 6.40. The van der Waals surface area contributed by atoms with Gasteiger partial charge >= 0.3 is 6.03 Å². The molecular formula is C25H16Cl2N4O7. The molecule has 1 aliphatic rings. The first-order chi connectivity index (χ1) is 18.1. The minimum Gasteiger partial charge on any atom is -0.481 e. The zero-order chi connectivity index (χ0) is 27.4. The van der Waals surface area contributed by atoms with Crippen LogP contribution in [0.15, 0.2) is 72.3 Å². The molecule has 0 unspecified atom stereocenters. The number of hydrogen-bond donors (Lipinski definition) is 2. The minimum atomic E-state index is -1.06. The number of halogens is 2. The number of barbiturate groups is 1. The summed E-state index contributed by atoms with van der Waals surface area (Å²) in [6.45, 7) is -0.393. The maximum absolute atomic E-state index is 13.1. The van der Waals surface area contributed by atoms with Crippen molar-refractivity contribution in [1.29, 1.82) is 0 Å². The standard InChI is InChI=1S/C25H16Cl2N4O7/c26-19-10-14(11-20(27)22(19)38-13-21(32)28-15-5-2-1-3-6-15)9-18-23(33)29-25(35)30(24(18)34)16-7-4-8-17(12-16)31(36)37/h1-12H,13H2,(H,28,32)(H,29,33,35)/b18-9-. The molecule has 1 heterocycles. The molecule has 11 nitrogen and oxygen atoms in total.